The number of H-pyrrole nitrogens is 1. The van der Waals surface area contributed by atoms with Gasteiger partial charge in [-0.3, -0.25) is 14.7 Å². The predicted octanol–water partition coefficient (Wildman–Crippen LogP) is 4.65. The molecule has 6 rings (SSSR count). The topological polar surface area (TPSA) is 104 Å². The summed E-state index contributed by atoms with van der Waals surface area (Å²) < 4.78 is 1.58. The number of pyridine rings is 1. The molecule has 1 aromatic carbocycles. The van der Waals surface area contributed by atoms with Crippen LogP contribution in [-0.2, 0) is 32.0 Å². The maximum Gasteiger partial charge on any atom is 0.270 e. The minimum atomic E-state index is -0.243. The number of aliphatic hydroxyl groups is 1. The Hall–Kier alpha value is -3.56. The molecule has 8 nitrogen and oxygen atoms in total. The molecule has 0 unspecified atom stereocenters. The smallest absolute Gasteiger partial charge is 0.270 e. The number of aryl methyl sites for hydroxylation is 1. The van der Waals surface area contributed by atoms with Crippen molar-refractivity contribution in [1.82, 2.24) is 19.7 Å². The summed E-state index contributed by atoms with van der Waals surface area (Å²) in [6.45, 7) is 6.41. The second-order valence-corrected chi connectivity index (χ2v) is 12.3. The van der Waals surface area contributed by atoms with Crippen LogP contribution in [0.25, 0.3) is 11.1 Å². The number of amides is 1. The molecule has 38 heavy (non-hydrogen) atoms. The summed E-state index contributed by atoms with van der Waals surface area (Å²) >= 11 is 1.45. The summed E-state index contributed by atoms with van der Waals surface area (Å²) in [4.78, 5) is 33.5. The van der Waals surface area contributed by atoms with Crippen molar-refractivity contribution in [2.45, 2.75) is 64.5 Å². The molecule has 1 fully saturated rings. The van der Waals surface area contributed by atoms with E-state index < -0.39 is 0 Å². The number of nitrogens with one attached hydrogen (secondary N) is 1. The zero-order valence-electron chi connectivity index (χ0n) is 22.0. The molecule has 2 N–H and O–H groups in total. The molecule has 4 heterocycles. The van der Waals surface area contributed by atoms with Gasteiger partial charge in [0, 0.05) is 47.8 Å². The van der Waals surface area contributed by atoms with E-state index >= 15 is 0 Å². The van der Waals surface area contributed by atoms with Crippen LogP contribution < -0.4 is 10.5 Å². The van der Waals surface area contributed by atoms with E-state index in [2.05, 4.69) is 37.0 Å². The molecule has 4 aromatic rings. The Morgan fingerprint density at radius 3 is 2.66 bits per heavy atom. The number of benzene rings is 1. The first kappa shape index (κ1) is 24.8. The van der Waals surface area contributed by atoms with Crippen molar-refractivity contribution in [1.29, 1.82) is 0 Å². The zero-order valence-corrected chi connectivity index (χ0v) is 22.9. The van der Waals surface area contributed by atoms with E-state index in [1.807, 2.05) is 24.3 Å². The number of thiazole rings is 1. The average Bonchev–Trinajstić information content (AvgIpc) is 3.33. The molecule has 0 saturated heterocycles. The summed E-state index contributed by atoms with van der Waals surface area (Å²) in [5.41, 5.74) is 6.12. The zero-order chi connectivity index (χ0) is 26.8. The van der Waals surface area contributed by atoms with E-state index in [1.165, 1.54) is 24.2 Å². The SMILES string of the molecule is Cn1cc(-c2cccc(N3Cc4nc(C(C)(C)C)sc4C3=O)c2CO)cc(Cc2cc(C3CC3)n[nH]2)c1=O. The summed E-state index contributed by atoms with van der Waals surface area (Å²) in [6.07, 6.45) is 4.57. The van der Waals surface area contributed by atoms with Crippen molar-refractivity contribution < 1.29 is 9.90 Å². The molecule has 1 aliphatic carbocycles. The highest BCUT2D eigenvalue weighted by molar-refractivity contribution is 7.14. The third-order valence-electron chi connectivity index (χ3n) is 7.28. The van der Waals surface area contributed by atoms with Gasteiger partial charge in [0.25, 0.3) is 11.5 Å². The molecule has 0 bridgehead atoms. The van der Waals surface area contributed by atoms with Gasteiger partial charge < -0.3 is 14.6 Å². The number of carbonyl (C=O) groups excluding carboxylic acids is 1. The molecule has 3 aromatic heterocycles. The monoisotopic (exact) mass is 529 g/mol. The lowest BCUT2D eigenvalue weighted by Gasteiger charge is -2.22. The van der Waals surface area contributed by atoms with Gasteiger partial charge in [-0.05, 0) is 42.2 Å². The first-order valence-electron chi connectivity index (χ1n) is 12.9. The third kappa shape index (κ3) is 4.29. The Bertz CT molecular complexity index is 1620. The number of aromatic amines is 1. The molecule has 1 amide bonds. The lowest BCUT2D eigenvalue weighted by atomic mass is 9.97. The number of anilines is 1. The molecule has 9 heteroatoms. The quantitative estimate of drug-likeness (QED) is 0.378. The van der Waals surface area contributed by atoms with Gasteiger partial charge in [-0.1, -0.05) is 32.9 Å². The van der Waals surface area contributed by atoms with Crippen molar-refractivity contribution in [3.05, 3.63) is 85.0 Å². The van der Waals surface area contributed by atoms with Crippen molar-refractivity contribution in [3.63, 3.8) is 0 Å². The second-order valence-electron chi connectivity index (χ2n) is 11.3. The van der Waals surface area contributed by atoms with Gasteiger partial charge in [-0.25, -0.2) is 4.98 Å². The summed E-state index contributed by atoms with van der Waals surface area (Å²) in [5, 5.41) is 18.9. The van der Waals surface area contributed by atoms with Crippen molar-refractivity contribution in [2.75, 3.05) is 4.90 Å². The fraction of sp³-hybridized carbons (Fsp3) is 0.379. The van der Waals surface area contributed by atoms with Gasteiger partial charge in [0.15, 0.2) is 0 Å². The Balaban J connectivity index is 1.35. The van der Waals surface area contributed by atoms with Gasteiger partial charge in [0.1, 0.15) is 4.88 Å². The normalized spacial score (nSPS) is 15.4. The third-order valence-corrected chi connectivity index (χ3v) is 8.79. The summed E-state index contributed by atoms with van der Waals surface area (Å²) in [6, 6.07) is 9.62. The van der Waals surface area contributed by atoms with Crippen LogP contribution in [0.2, 0.25) is 0 Å². The predicted molar refractivity (Wildman–Crippen MR) is 148 cm³/mol. The largest absolute Gasteiger partial charge is 0.392 e. The van der Waals surface area contributed by atoms with Crippen LogP contribution in [0.1, 0.15) is 82.4 Å². The average molecular weight is 530 g/mol. The minimum Gasteiger partial charge on any atom is -0.392 e. The van der Waals surface area contributed by atoms with Crippen LogP contribution in [0.15, 0.2) is 41.3 Å². The van der Waals surface area contributed by atoms with Gasteiger partial charge in [-0.15, -0.1) is 11.3 Å². The number of rotatable bonds is 6. The van der Waals surface area contributed by atoms with Crippen LogP contribution in [0.3, 0.4) is 0 Å². The second kappa shape index (κ2) is 9.03. The van der Waals surface area contributed by atoms with Crippen LogP contribution >= 0.6 is 11.3 Å². The molecule has 0 atom stereocenters. The highest BCUT2D eigenvalue weighted by atomic mass is 32.1. The lowest BCUT2D eigenvalue weighted by Crippen LogP contribution is -2.25. The van der Waals surface area contributed by atoms with Gasteiger partial charge in [0.05, 0.1) is 35.2 Å². The van der Waals surface area contributed by atoms with Gasteiger partial charge in [-0.2, -0.15) is 5.10 Å². The number of aromatic nitrogens is 4. The van der Waals surface area contributed by atoms with Crippen molar-refractivity contribution in [3.8, 4) is 11.1 Å². The van der Waals surface area contributed by atoms with E-state index in [1.54, 1.807) is 22.7 Å². The number of nitrogens with zero attached hydrogens (tertiary/aromatic N) is 4. The number of fused-ring (bicyclic) bond motifs is 1. The fourth-order valence-corrected chi connectivity index (χ4v) is 6.15. The van der Waals surface area contributed by atoms with E-state index in [0.717, 1.165) is 33.2 Å². The lowest BCUT2D eigenvalue weighted by molar-refractivity contribution is 0.0999. The molecule has 2 aliphatic rings. The number of hydrogen-bond acceptors (Lipinski definition) is 6. The summed E-state index contributed by atoms with van der Waals surface area (Å²) in [7, 11) is 1.74. The van der Waals surface area contributed by atoms with Crippen molar-refractivity contribution >= 4 is 22.9 Å². The van der Waals surface area contributed by atoms with Crippen LogP contribution in [-0.4, -0.2) is 30.8 Å². The number of aliphatic hydroxyl groups excluding tert-OH is 1. The Morgan fingerprint density at radius 2 is 1.97 bits per heavy atom. The molecule has 1 saturated carbocycles. The summed E-state index contributed by atoms with van der Waals surface area (Å²) in [5.74, 6) is 0.448. The first-order valence-corrected chi connectivity index (χ1v) is 13.7. The van der Waals surface area contributed by atoms with E-state index in [-0.39, 0.29) is 23.5 Å². The van der Waals surface area contributed by atoms with E-state index in [4.69, 9.17) is 4.98 Å². The van der Waals surface area contributed by atoms with Crippen LogP contribution in [0.4, 0.5) is 5.69 Å². The number of hydrogen-bond donors (Lipinski definition) is 2. The van der Waals surface area contributed by atoms with Crippen molar-refractivity contribution in [2.24, 2.45) is 7.05 Å². The highest BCUT2D eigenvalue weighted by Crippen LogP contribution is 2.40. The maximum absolute atomic E-state index is 13.4. The van der Waals surface area contributed by atoms with Crippen LogP contribution in [0.5, 0.6) is 0 Å². The van der Waals surface area contributed by atoms with Gasteiger partial charge >= 0.3 is 0 Å². The van der Waals surface area contributed by atoms with Gasteiger partial charge in [0.2, 0.25) is 0 Å². The molecule has 1 aliphatic heterocycles. The molecule has 0 radical (unpaired) electrons. The number of carbonyl (C=O) groups is 1. The molecule has 196 valence electrons. The maximum atomic E-state index is 13.4. The Labute approximate surface area is 225 Å². The Kier molecular flexibility index (Phi) is 5.88. The molecular formula is C29H31N5O3S. The van der Waals surface area contributed by atoms with Crippen LogP contribution in [0, 0.1) is 0 Å². The first-order chi connectivity index (χ1) is 18.1. The standard InChI is InChI=1S/C29H31N5O3S/c1-29(2,3)28-30-23-14-34(27(37)25(23)38-28)24-7-5-6-20(21(24)15-35)18-10-17(26(36)33(4)13-18)11-19-12-22(32-31-19)16-8-9-16/h5-7,10,12-13,16,35H,8-9,11,14-15H2,1-4H3,(H,31,32). The minimum absolute atomic E-state index is 0.0714. The van der Waals surface area contributed by atoms with E-state index in [9.17, 15) is 14.7 Å². The Morgan fingerprint density at radius 1 is 1.18 bits per heavy atom. The van der Waals surface area contributed by atoms with E-state index in [0.29, 0.717) is 40.6 Å². The molecule has 0 spiro atoms. The fourth-order valence-electron chi connectivity index (χ4n) is 5.07. The molecular weight excluding hydrogens is 498 g/mol. The highest BCUT2D eigenvalue weighted by Gasteiger charge is 2.36.